The van der Waals surface area contributed by atoms with E-state index in [2.05, 4.69) is 71.3 Å². The lowest BCUT2D eigenvalue weighted by Crippen LogP contribution is -2.28. The summed E-state index contributed by atoms with van der Waals surface area (Å²) in [7, 11) is 0. The van der Waals surface area contributed by atoms with E-state index in [4.69, 9.17) is 0 Å². The van der Waals surface area contributed by atoms with Crippen molar-refractivity contribution in [2.75, 3.05) is 26.2 Å². The molecule has 0 heterocycles. The summed E-state index contributed by atoms with van der Waals surface area (Å²) in [6, 6.07) is 21.4. The minimum Gasteiger partial charge on any atom is -0.315 e. The molecule has 2 nitrogen and oxygen atoms in total. The fourth-order valence-electron chi connectivity index (χ4n) is 2.55. The molecular weight excluding hydrogens is 268 g/mol. The third-order valence-electron chi connectivity index (χ3n) is 3.80. The van der Waals surface area contributed by atoms with Crippen molar-refractivity contribution in [1.82, 2.24) is 10.6 Å². The Hall–Kier alpha value is -1.64. The number of benzene rings is 2. The highest BCUT2D eigenvalue weighted by Crippen LogP contribution is 2.02. The van der Waals surface area contributed by atoms with Crippen LogP contribution in [-0.2, 0) is 12.8 Å². The Balaban J connectivity index is 1.37. The lowest BCUT2D eigenvalue weighted by molar-refractivity contribution is 0.585. The Bertz CT molecular complexity index is 434. The quantitative estimate of drug-likeness (QED) is 0.621. The Labute approximate surface area is 135 Å². The van der Waals surface area contributed by atoms with Gasteiger partial charge in [-0.3, -0.25) is 0 Å². The fraction of sp³-hybridized carbons (Fsp3) is 0.400. The average molecular weight is 296 g/mol. The van der Waals surface area contributed by atoms with Gasteiger partial charge in [0.25, 0.3) is 0 Å². The van der Waals surface area contributed by atoms with Gasteiger partial charge in [0, 0.05) is 13.1 Å². The summed E-state index contributed by atoms with van der Waals surface area (Å²) in [5, 5.41) is 7.00. The second kappa shape index (κ2) is 11.0. The molecule has 0 saturated carbocycles. The van der Waals surface area contributed by atoms with E-state index in [9.17, 15) is 0 Å². The largest absolute Gasteiger partial charge is 0.315 e. The van der Waals surface area contributed by atoms with E-state index in [-0.39, 0.29) is 0 Å². The molecule has 2 rings (SSSR count). The predicted molar refractivity (Wildman–Crippen MR) is 95.3 cm³/mol. The van der Waals surface area contributed by atoms with Gasteiger partial charge in [-0.1, -0.05) is 60.7 Å². The van der Waals surface area contributed by atoms with Crippen LogP contribution in [0.4, 0.5) is 0 Å². The standard InChI is InChI=1S/C20H28N2/c1-3-9-19(10-4-1)13-7-15-21-17-18-22-16-8-14-20-11-5-2-6-12-20/h1-6,9-12,21-22H,7-8,13-18H2. The van der Waals surface area contributed by atoms with Gasteiger partial charge in [0.15, 0.2) is 0 Å². The van der Waals surface area contributed by atoms with E-state index in [0.717, 1.165) is 26.2 Å². The maximum Gasteiger partial charge on any atom is 0.00767 e. The molecule has 0 aliphatic heterocycles. The summed E-state index contributed by atoms with van der Waals surface area (Å²) in [5.74, 6) is 0. The summed E-state index contributed by atoms with van der Waals surface area (Å²) in [4.78, 5) is 0. The summed E-state index contributed by atoms with van der Waals surface area (Å²) in [6.07, 6.45) is 4.74. The van der Waals surface area contributed by atoms with Gasteiger partial charge in [0.05, 0.1) is 0 Å². The van der Waals surface area contributed by atoms with Crippen molar-refractivity contribution in [3.63, 3.8) is 0 Å². The smallest absolute Gasteiger partial charge is 0.00767 e. The van der Waals surface area contributed by atoms with Crippen LogP contribution in [0.25, 0.3) is 0 Å². The molecule has 0 aliphatic carbocycles. The first-order chi connectivity index (χ1) is 10.9. The molecule has 0 aromatic heterocycles. The number of hydrogen-bond donors (Lipinski definition) is 2. The first-order valence-electron chi connectivity index (χ1n) is 8.44. The maximum atomic E-state index is 3.50. The summed E-state index contributed by atoms with van der Waals surface area (Å²) in [6.45, 7) is 4.31. The van der Waals surface area contributed by atoms with Crippen LogP contribution < -0.4 is 10.6 Å². The number of nitrogens with one attached hydrogen (secondary N) is 2. The molecule has 2 aromatic carbocycles. The van der Waals surface area contributed by atoms with Crippen molar-refractivity contribution < 1.29 is 0 Å². The SMILES string of the molecule is c1ccc(CCCNCCNCCCc2ccccc2)cc1. The lowest BCUT2D eigenvalue weighted by atomic mass is 10.1. The van der Waals surface area contributed by atoms with Crippen LogP contribution in [0.3, 0.4) is 0 Å². The van der Waals surface area contributed by atoms with Crippen molar-refractivity contribution in [2.45, 2.75) is 25.7 Å². The molecule has 0 saturated heterocycles. The molecule has 2 N–H and O–H groups in total. The number of hydrogen-bond acceptors (Lipinski definition) is 2. The molecule has 2 aromatic rings. The van der Waals surface area contributed by atoms with Crippen molar-refractivity contribution in [1.29, 1.82) is 0 Å². The van der Waals surface area contributed by atoms with E-state index in [1.807, 2.05) is 0 Å². The minimum absolute atomic E-state index is 1.06. The van der Waals surface area contributed by atoms with Crippen molar-refractivity contribution in [3.8, 4) is 0 Å². The zero-order valence-electron chi connectivity index (χ0n) is 13.4. The Kier molecular flexibility index (Phi) is 8.36. The highest BCUT2D eigenvalue weighted by molar-refractivity contribution is 5.15. The van der Waals surface area contributed by atoms with Crippen molar-refractivity contribution >= 4 is 0 Å². The molecular formula is C20H28N2. The van der Waals surface area contributed by atoms with Crippen LogP contribution in [-0.4, -0.2) is 26.2 Å². The number of aryl methyl sites for hydroxylation is 2. The van der Waals surface area contributed by atoms with Gasteiger partial charge in [-0.25, -0.2) is 0 Å². The first-order valence-corrected chi connectivity index (χ1v) is 8.44. The van der Waals surface area contributed by atoms with Gasteiger partial charge >= 0.3 is 0 Å². The van der Waals surface area contributed by atoms with E-state index in [1.165, 1.54) is 36.8 Å². The Morgan fingerprint density at radius 1 is 0.500 bits per heavy atom. The van der Waals surface area contributed by atoms with E-state index in [1.54, 1.807) is 0 Å². The maximum absolute atomic E-state index is 3.50. The Morgan fingerprint density at radius 2 is 0.909 bits per heavy atom. The third kappa shape index (κ3) is 7.39. The molecule has 0 bridgehead atoms. The summed E-state index contributed by atoms with van der Waals surface area (Å²) >= 11 is 0. The molecule has 118 valence electrons. The number of rotatable bonds is 11. The van der Waals surface area contributed by atoms with Gasteiger partial charge in [0.2, 0.25) is 0 Å². The van der Waals surface area contributed by atoms with E-state index < -0.39 is 0 Å². The molecule has 2 heteroatoms. The van der Waals surface area contributed by atoms with Gasteiger partial charge in [-0.15, -0.1) is 0 Å². The molecule has 0 radical (unpaired) electrons. The molecule has 0 amide bonds. The van der Waals surface area contributed by atoms with Gasteiger partial charge in [-0.05, 0) is 49.9 Å². The van der Waals surface area contributed by atoms with Gasteiger partial charge in [-0.2, -0.15) is 0 Å². The molecule has 0 atom stereocenters. The van der Waals surface area contributed by atoms with Crippen LogP contribution in [0.5, 0.6) is 0 Å². The van der Waals surface area contributed by atoms with Crippen LogP contribution in [0, 0.1) is 0 Å². The zero-order chi connectivity index (χ0) is 15.3. The highest BCUT2D eigenvalue weighted by Gasteiger charge is 1.93. The average Bonchev–Trinajstić information content (AvgIpc) is 2.58. The van der Waals surface area contributed by atoms with Gasteiger partial charge in [0.1, 0.15) is 0 Å². The molecule has 22 heavy (non-hydrogen) atoms. The first kappa shape index (κ1) is 16.7. The fourth-order valence-corrected chi connectivity index (χ4v) is 2.55. The normalized spacial score (nSPS) is 10.7. The summed E-state index contributed by atoms with van der Waals surface area (Å²) in [5.41, 5.74) is 2.87. The highest BCUT2D eigenvalue weighted by atomic mass is 14.9. The monoisotopic (exact) mass is 296 g/mol. The van der Waals surface area contributed by atoms with Crippen molar-refractivity contribution in [3.05, 3.63) is 71.8 Å². The predicted octanol–water partition coefficient (Wildman–Crippen LogP) is 3.43. The van der Waals surface area contributed by atoms with Crippen LogP contribution in [0.1, 0.15) is 24.0 Å². The second-order valence-corrected chi connectivity index (χ2v) is 5.68. The minimum atomic E-state index is 1.06. The Morgan fingerprint density at radius 3 is 1.32 bits per heavy atom. The zero-order valence-corrected chi connectivity index (χ0v) is 13.4. The van der Waals surface area contributed by atoms with Gasteiger partial charge < -0.3 is 10.6 Å². The van der Waals surface area contributed by atoms with Crippen LogP contribution in [0.15, 0.2) is 60.7 Å². The summed E-state index contributed by atoms with van der Waals surface area (Å²) < 4.78 is 0. The second-order valence-electron chi connectivity index (χ2n) is 5.68. The molecule has 0 fully saturated rings. The van der Waals surface area contributed by atoms with Crippen LogP contribution >= 0.6 is 0 Å². The topological polar surface area (TPSA) is 24.1 Å². The molecule has 0 unspecified atom stereocenters. The van der Waals surface area contributed by atoms with Crippen LogP contribution in [0.2, 0.25) is 0 Å². The van der Waals surface area contributed by atoms with E-state index >= 15 is 0 Å². The molecule has 0 aliphatic rings. The van der Waals surface area contributed by atoms with E-state index in [0.29, 0.717) is 0 Å². The lowest BCUT2D eigenvalue weighted by Gasteiger charge is -2.07. The third-order valence-corrected chi connectivity index (χ3v) is 3.80. The molecule has 0 spiro atoms. The van der Waals surface area contributed by atoms with Crippen molar-refractivity contribution in [2.24, 2.45) is 0 Å².